The number of oxime groups is 1. The maximum atomic E-state index is 15.3. The number of halogens is 2. The standard InChI is InChI=1S/C28H28ClFN2O4/c1-32-17-20(7-9-28(32)34)26(31-35)16-23(21-4-2-3-5-24(21)29)19-6-8-22(25(30)15-19)27(33)14-18-10-12-36-13-11-18/h2-9,15,17-18,23,35H,10-14,16H2,1H3/b31-26+. The van der Waals surface area contributed by atoms with Gasteiger partial charge in [-0.2, -0.15) is 0 Å². The molecule has 36 heavy (non-hydrogen) atoms. The molecular formula is C28H28ClFN2O4. The van der Waals surface area contributed by atoms with Crippen LogP contribution in [0.15, 0.2) is 70.7 Å². The highest BCUT2D eigenvalue weighted by Gasteiger charge is 2.25. The number of ketones is 1. The summed E-state index contributed by atoms with van der Waals surface area (Å²) in [5.41, 5.74) is 2.06. The average molecular weight is 511 g/mol. The van der Waals surface area contributed by atoms with Gasteiger partial charge in [-0.25, -0.2) is 4.39 Å². The largest absolute Gasteiger partial charge is 0.411 e. The van der Waals surface area contributed by atoms with Gasteiger partial charge in [-0.15, -0.1) is 0 Å². The Morgan fingerprint density at radius 3 is 2.61 bits per heavy atom. The van der Waals surface area contributed by atoms with Gasteiger partial charge in [0.15, 0.2) is 5.78 Å². The third-order valence-electron chi connectivity index (χ3n) is 6.73. The molecule has 0 radical (unpaired) electrons. The number of hydrogen-bond donors (Lipinski definition) is 1. The van der Waals surface area contributed by atoms with E-state index in [2.05, 4.69) is 5.16 Å². The molecule has 8 heteroatoms. The molecule has 1 aromatic heterocycles. The minimum absolute atomic E-state index is 0.0669. The summed E-state index contributed by atoms with van der Waals surface area (Å²) in [7, 11) is 1.61. The van der Waals surface area contributed by atoms with Crippen LogP contribution in [0, 0.1) is 11.7 Å². The number of carbonyl (C=O) groups excluding carboxylic acids is 1. The van der Waals surface area contributed by atoms with Crippen LogP contribution in [0.4, 0.5) is 4.39 Å². The Morgan fingerprint density at radius 1 is 1.19 bits per heavy atom. The number of aromatic nitrogens is 1. The van der Waals surface area contributed by atoms with Gasteiger partial charge in [-0.3, -0.25) is 9.59 Å². The highest BCUT2D eigenvalue weighted by atomic mass is 35.5. The van der Waals surface area contributed by atoms with Crippen molar-refractivity contribution in [2.24, 2.45) is 18.1 Å². The van der Waals surface area contributed by atoms with Crippen LogP contribution >= 0.6 is 11.6 Å². The van der Waals surface area contributed by atoms with Crippen LogP contribution in [0.25, 0.3) is 0 Å². The molecule has 0 bridgehead atoms. The Hall–Kier alpha value is -3.29. The zero-order valence-electron chi connectivity index (χ0n) is 20.0. The molecule has 1 saturated heterocycles. The molecule has 1 N–H and O–H groups in total. The fourth-order valence-corrected chi connectivity index (χ4v) is 4.90. The molecule has 1 unspecified atom stereocenters. The zero-order valence-corrected chi connectivity index (χ0v) is 20.7. The van der Waals surface area contributed by atoms with Gasteiger partial charge in [0, 0.05) is 61.9 Å². The number of aryl methyl sites for hydroxylation is 1. The van der Waals surface area contributed by atoms with Crippen molar-refractivity contribution in [3.63, 3.8) is 0 Å². The number of rotatable bonds is 8. The second-order valence-electron chi connectivity index (χ2n) is 9.11. The third-order valence-corrected chi connectivity index (χ3v) is 7.07. The van der Waals surface area contributed by atoms with E-state index in [1.54, 1.807) is 37.5 Å². The van der Waals surface area contributed by atoms with Crippen molar-refractivity contribution < 1.29 is 19.1 Å². The molecular weight excluding hydrogens is 483 g/mol. The second kappa shape index (κ2) is 11.6. The summed E-state index contributed by atoms with van der Waals surface area (Å²) in [4.78, 5) is 24.6. The van der Waals surface area contributed by atoms with E-state index >= 15 is 4.39 Å². The van der Waals surface area contributed by atoms with E-state index in [-0.39, 0.29) is 29.2 Å². The van der Waals surface area contributed by atoms with Crippen molar-refractivity contribution in [2.75, 3.05) is 13.2 Å². The maximum absolute atomic E-state index is 15.3. The highest BCUT2D eigenvalue weighted by molar-refractivity contribution is 6.31. The molecule has 1 fully saturated rings. The highest BCUT2D eigenvalue weighted by Crippen LogP contribution is 2.35. The number of carbonyl (C=O) groups is 1. The van der Waals surface area contributed by atoms with E-state index in [0.717, 1.165) is 18.4 Å². The van der Waals surface area contributed by atoms with Crippen molar-refractivity contribution in [2.45, 2.75) is 31.6 Å². The number of pyridine rings is 1. The Balaban J connectivity index is 1.66. The summed E-state index contributed by atoms with van der Waals surface area (Å²) in [5.74, 6) is -1.07. The van der Waals surface area contributed by atoms with Gasteiger partial charge in [-0.1, -0.05) is 41.0 Å². The normalized spacial score (nSPS) is 15.6. The Morgan fingerprint density at radius 2 is 1.94 bits per heavy atom. The number of Topliss-reactive ketones (excluding diaryl/α,β-unsaturated/α-hetero) is 1. The maximum Gasteiger partial charge on any atom is 0.250 e. The molecule has 2 heterocycles. The molecule has 0 amide bonds. The van der Waals surface area contributed by atoms with Crippen LogP contribution in [-0.4, -0.2) is 34.5 Å². The van der Waals surface area contributed by atoms with Gasteiger partial charge in [0.1, 0.15) is 5.82 Å². The van der Waals surface area contributed by atoms with Crippen LogP contribution in [0.5, 0.6) is 0 Å². The van der Waals surface area contributed by atoms with Crippen molar-refractivity contribution >= 4 is 23.1 Å². The summed E-state index contributed by atoms with van der Waals surface area (Å²) in [6.07, 6.45) is 3.66. The molecule has 2 aromatic carbocycles. The van der Waals surface area contributed by atoms with Gasteiger partial charge < -0.3 is 14.5 Å². The molecule has 188 valence electrons. The quantitative estimate of drug-likeness (QED) is 0.186. The van der Waals surface area contributed by atoms with Crippen LogP contribution < -0.4 is 5.56 Å². The molecule has 0 spiro atoms. The Labute approximate surface area is 214 Å². The molecule has 0 saturated carbocycles. The summed E-state index contributed by atoms with van der Waals surface area (Å²) in [6, 6.07) is 14.8. The zero-order chi connectivity index (χ0) is 25.7. The van der Waals surface area contributed by atoms with Gasteiger partial charge in [0.25, 0.3) is 0 Å². The van der Waals surface area contributed by atoms with Gasteiger partial charge in [-0.05, 0) is 54.2 Å². The van der Waals surface area contributed by atoms with Crippen LogP contribution in [0.2, 0.25) is 5.02 Å². The first-order valence-corrected chi connectivity index (χ1v) is 12.3. The van der Waals surface area contributed by atoms with Crippen LogP contribution in [0.3, 0.4) is 0 Å². The topological polar surface area (TPSA) is 80.9 Å². The minimum Gasteiger partial charge on any atom is -0.411 e. The lowest BCUT2D eigenvalue weighted by atomic mass is 9.84. The number of nitrogens with zero attached hydrogens (tertiary/aromatic N) is 2. The first-order valence-electron chi connectivity index (χ1n) is 11.9. The van der Waals surface area contributed by atoms with E-state index in [4.69, 9.17) is 16.3 Å². The van der Waals surface area contributed by atoms with Gasteiger partial charge in [0.2, 0.25) is 5.56 Å². The molecule has 1 atom stereocenters. The van der Waals surface area contributed by atoms with Crippen molar-refractivity contribution in [3.8, 4) is 0 Å². The van der Waals surface area contributed by atoms with Crippen LogP contribution in [0.1, 0.15) is 58.6 Å². The summed E-state index contributed by atoms with van der Waals surface area (Å²) < 4.78 is 22.0. The summed E-state index contributed by atoms with van der Waals surface area (Å²) in [5, 5.41) is 13.8. The number of benzene rings is 2. The average Bonchev–Trinajstić information content (AvgIpc) is 2.88. The second-order valence-corrected chi connectivity index (χ2v) is 9.52. The van der Waals surface area contributed by atoms with Crippen LogP contribution in [-0.2, 0) is 11.8 Å². The smallest absolute Gasteiger partial charge is 0.250 e. The Kier molecular flexibility index (Phi) is 8.33. The van der Waals surface area contributed by atoms with E-state index in [1.165, 1.54) is 22.8 Å². The fraction of sp³-hybridized carbons (Fsp3) is 0.321. The Bertz CT molecular complexity index is 1330. The van der Waals surface area contributed by atoms with Gasteiger partial charge in [0.05, 0.1) is 11.3 Å². The predicted molar refractivity (Wildman–Crippen MR) is 137 cm³/mol. The first kappa shape index (κ1) is 25.8. The SMILES string of the molecule is Cn1cc(/C(CC(c2ccc(C(=O)CC3CCOCC3)c(F)c2)c2ccccc2Cl)=N/O)ccc1=O. The molecule has 3 aromatic rings. The van der Waals surface area contributed by atoms with Crippen molar-refractivity contribution in [1.82, 2.24) is 4.57 Å². The fourth-order valence-electron chi connectivity index (χ4n) is 4.64. The molecule has 0 aliphatic carbocycles. The summed E-state index contributed by atoms with van der Waals surface area (Å²) in [6.45, 7) is 1.26. The monoisotopic (exact) mass is 510 g/mol. The first-order chi connectivity index (χ1) is 17.4. The lowest BCUT2D eigenvalue weighted by molar-refractivity contribution is 0.0600. The van der Waals surface area contributed by atoms with E-state index in [1.807, 2.05) is 12.1 Å². The van der Waals surface area contributed by atoms with E-state index in [0.29, 0.717) is 41.5 Å². The number of hydrogen-bond acceptors (Lipinski definition) is 5. The van der Waals surface area contributed by atoms with E-state index < -0.39 is 11.7 Å². The lowest BCUT2D eigenvalue weighted by Crippen LogP contribution is -2.19. The lowest BCUT2D eigenvalue weighted by Gasteiger charge is -2.22. The van der Waals surface area contributed by atoms with Gasteiger partial charge >= 0.3 is 0 Å². The molecule has 1 aliphatic rings. The van der Waals surface area contributed by atoms with Crippen molar-refractivity contribution in [1.29, 1.82) is 0 Å². The molecule has 6 nitrogen and oxygen atoms in total. The predicted octanol–water partition coefficient (Wildman–Crippen LogP) is 5.58. The molecule has 1 aliphatic heterocycles. The summed E-state index contributed by atoms with van der Waals surface area (Å²) >= 11 is 6.51. The number of ether oxygens (including phenoxy) is 1. The molecule has 4 rings (SSSR count). The third kappa shape index (κ3) is 5.91. The minimum atomic E-state index is -0.591. The van der Waals surface area contributed by atoms with Crippen molar-refractivity contribution in [3.05, 3.63) is 104 Å². The van der Waals surface area contributed by atoms with E-state index in [9.17, 15) is 14.8 Å².